The number of non-ortho nitro benzene ring substituents is 2. The van der Waals surface area contributed by atoms with Crippen molar-refractivity contribution >= 4 is 17.1 Å². The van der Waals surface area contributed by atoms with Gasteiger partial charge in [0.25, 0.3) is 11.4 Å². The fourth-order valence-electron chi connectivity index (χ4n) is 4.13. The molecule has 1 N–H and O–H groups in total. The number of nitrogens with zero attached hydrogens (tertiary/aromatic N) is 2. The lowest BCUT2D eigenvalue weighted by Crippen LogP contribution is -2.29. The molecule has 0 amide bonds. The Balaban J connectivity index is 1.81. The lowest BCUT2D eigenvalue weighted by atomic mass is 9.76. The van der Waals surface area contributed by atoms with Gasteiger partial charge >= 0.3 is 0 Å². The summed E-state index contributed by atoms with van der Waals surface area (Å²) in [6.45, 7) is 1.85. The first-order valence-electron chi connectivity index (χ1n) is 8.42. The summed E-state index contributed by atoms with van der Waals surface area (Å²) in [5, 5.41) is 25.8. The van der Waals surface area contributed by atoms with E-state index in [4.69, 9.17) is 0 Å². The minimum Gasteiger partial charge on any atom is -0.377 e. The SMILES string of the molecule is Cc1cc([N+](=O)[O-])cc2c1N[C@H](c1cccc([N+](=O)[O-])c1)[C@H]1CC=C[C@@H]21. The molecule has 3 atom stereocenters. The highest BCUT2D eigenvalue weighted by molar-refractivity contribution is 5.67. The molecule has 0 saturated heterocycles. The average Bonchev–Trinajstić information content (AvgIpc) is 3.11. The van der Waals surface area contributed by atoms with Crippen LogP contribution in [-0.4, -0.2) is 9.85 Å². The Bertz CT molecular complexity index is 954. The number of hydrogen-bond donors (Lipinski definition) is 1. The van der Waals surface area contributed by atoms with Gasteiger partial charge < -0.3 is 5.32 Å². The number of rotatable bonds is 3. The lowest BCUT2D eigenvalue weighted by Gasteiger charge is -2.38. The van der Waals surface area contributed by atoms with Crippen LogP contribution in [0.3, 0.4) is 0 Å². The molecule has 1 heterocycles. The zero-order valence-electron chi connectivity index (χ0n) is 14.1. The summed E-state index contributed by atoms with van der Waals surface area (Å²) >= 11 is 0. The van der Waals surface area contributed by atoms with E-state index in [2.05, 4.69) is 17.5 Å². The second-order valence-electron chi connectivity index (χ2n) is 6.81. The molecule has 2 aliphatic rings. The average molecular weight is 351 g/mol. The molecular weight excluding hydrogens is 334 g/mol. The molecule has 0 spiro atoms. The Morgan fingerprint density at radius 3 is 2.58 bits per heavy atom. The summed E-state index contributed by atoms with van der Waals surface area (Å²) in [6, 6.07) is 9.82. The monoisotopic (exact) mass is 351 g/mol. The van der Waals surface area contributed by atoms with Crippen LogP contribution in [0.4, 0.5) is 17.1 Å². The highest BCUT2D eigenvalue weighted by Crippen LogP contribution is 2.51. The molecule has 0 unspecified atom stereocenters. The van der Waals surface area contributed by atoms with Gasteiger partial charge in [-0.15, -0.1) is 0 Å². The first-order chi connectivity index (χ1) is 12.5. The van der Waals surface area contributed by atoms with Crippen molar-refractivity contribution in [1.29, 1.82) is 0 Å². The standard InChI is InChI=1S/C19H17N3O4/c1-11-8-14(22(25)26)10-17-15-6-3-7-16(15)19(20-18(11)17)12-4-2-5-13(9-12)21(23)24/h2-6,8-10,15-16,19-20H,7H2,1H3/t15-,16+,19-/m1/s1. The fraction of sp³-hybridized carbons (Fsp3) is 0.263. The quantitative estimate of drug-likeness (QED) is 0.493. The van der Waals surface area contributed by atoms with Crippen LogP contribution in [0.25, 0.3) is 0 Å². The van der Waals surface area contributed by atoms with E-state index >= 15 is 0 Å². The van der Waals surface area contributed by atoms with Gasteiger partial charge in [-0.25, -0.2) is 0 Å². The van der Waals surface area contributed by atoms with Crippen molar-refractivity contribution in [3.05, 3.63) is 85.5 Å². The molecule has 0 saturated carbocycles. The van der Waals surface area contributed by atoms with Crippen molar-refractivity contribution in [3.63, 3.8) is 0 Å². The zero-order chi connectivity index (χ0) is 18.4. The van der Waals surface area contributed by atoms with E-state index in [-0.39, 0.29) is 39.1 Å². The van der Waals surface area contributed by atoms with E-state index in [1.54, 1.807) is 24.3 Å². The van der Waals surface area contributed by atoms with Gasteiger partial charge in [-0.2, -0.15) is 0 Å². The van der Waals surface area contributed by atoms with Crippen molar-refractivity contribution in [2.75, 3.05) is 5.32 Å². The van der Waals surface area contributed by atoms with Crippen LogP contribution in [0.15, 0.2) is 48.6 Å². The fourth-order valence-corrected chi connectivity index (χ4v) is 4.13. The highest BCUT2D eigenvalue weighted by Gasteiger charge is 2.39. The number of benzene rings is 2. The van der Waals surface area contributed by atoms with Crippen molar-refractivity contribution in [2.45, 2.75) is 25.3 Å². The minimum atomic E-state index is -0.390. The van der Waals surface area contributed by atoms with Gasteiger partial charge in [0, 0.05) is 35.9 Å². The van der Waals surface area contributed by atoms with Crippen LogP contribution in [0.5, 0.6) is 0 Å². The Hall–Kier alpha value is -3.22. The van der Waals surface area contributed by atoms with Gasteiger partial charge in [0.05, 0.1) is 15.9 Å². The zero-order valence-corrected chi connectivity index (χ0v) is 14.1. The third kappa shape index (κ3) is 2.52. The molecule has 132 valence electrons. The summed E-state index contributed by atoms with van der Waals surface area (Å²) in [5.41, 5.74) is 3.65. The molecule has 0 fully saturated rings. The molecule has 0 radical (unpaired) electrons. The molecule has 0 aromatic heterocycles. The number of fused-ring (bicyclic) bond motifs is 3. The summed E-state index contributed by atoms with van der Waals surface area (Å²) in [4.78, 5) is 21.6. The highest BCUT2D eigenvalue weighted by atomic mass is 16.6. The third-order valence-electron chi connectivity index (χ3n) is 5.30. The van der Waals surface area contributed by atoms with Gasteiger partial charge in [-0.1, -0.05) is 24.3 Å². The van der Waals surface area contributed by atoms with Crippen LogP contribution >= 0.6 is 0 Å². The normalized spacial score (nSPS) is 23.0. The number of nitro groups is 2. The molecule has 2 aromatic carbocycles. The minimum absolute atomic E-state index is 0.0640. The maximum Gasteiger partial charge on any atom is 0.270 e. The second-order valence-corrected chi connectivity index (χ2v) is 6.81. The maximum atomic E-state index is 11.2. The van der Waals surface area contributed by atoms with Crippen LogP contribution in [0.2, 0.25) is 0 Å². The molecule has 4 rings (SSSR count). The number of nitro benzene ring substituents is 2. The van der Waals surface area contributed by atoms with Crippen molar-refractivity contribution in [1.82, 2.24) is 0 Å². The smallest absolute Gasteiger partial charge is 0.270 e. The van der Waals surface area contributed by atoms with Gasteiger partial charge in [-0.3, -0.25) is 20.2 Å². The molecule has 2 aromatic rings. The predicted molar refractivity (Wildman–Crippen MR) is 97.3 cm³/mol. The van der Waals surface area contributed by atoms with E-state index in [0.717, 1.165) is 28.8 Å². The number of nitrogens with one attached hydrogen (secondary N) is 1. The second kappa shape index (κ2) is 5.94. The predicted octanol–water partition coefficient (Wildman–Crippen LogP) is 4.64. The summed E-state index contributed by atoms with van der Waals surface area (Å²) < 4.78 is 0. The van der Waals surface area contributed by atoms with E-state index in [1.165, 1.54) is 6.07 Å². The topological polar surface area (TPSA) is 98.3 Å². The largest absolute Gasteiger partial charge is 0.377 e. The molecule has 1 aliphatic carbocycles. The van der Waals surface area contributed by atoms with Crippen LogP contribution in [-0.2, 0) is 0 Å². The summed E-state index contributed by atoms with van der Waals surface area (Å²) in [6.07, 6.45) is 5.01. The third-order valence-corrected chi connectivity index (χ3v) is 5.30. The number of aryl methyl sites for hydroxylation is 1. The molecule has 26 heavy (non-hydrogen) atoms. The number of allylic oxidation sites excluding steroid dienone is 2. The van der Waals surface area contributed by atoms with Gasteiger partial charge in [-0.05, 0) is 36.0 Å². The Kier molecular flexibility index (Phi) is 3.72. The van der Waals surface area contributed by atoms with Gasteiger partial charge in [0.2, 0.25) is 0 Å². The first-order valence-corrected chi connectivity index (χ1v) is 8.42. The van der Waals surface area contributed by atoms with Crippen molar-refractivity contribution in [2.24, 2.45) is 5.92 Å². The lowest BCUT2D eigenvalue weighted by molar-refractivity contribution is -0.385. The van der Waals surface area contributed by atoms with Crippen molar-refractivity contribution in [3.8, 4) is 0 Å². The van der Waals surface area contributed by atoms with Crippen LogP contribution in [0.1, 0.15) is 35.1 Å². The molecule has 1 aliphatic heterocycles. The molecule has 0 bridgehead atoms. The maximum absolute atomic E-state index is 11.2. The van der Waals surface area contributed by atoms with Gasteiger partial charge in [0.15, 0.2) is 0 Å². The van der Waals surface area contributed by atoms with Crippen molar-refractivity contribution < 1.29 is 9.85 Å². The summed E-state index contributed by atoms with van der Waals surface area (Å²) in [7, 11) is 0. The Morgan fingerprint density at radius 2 is 1.85 bits per heavy atom. The molecular formula is C19H17N3O4. The van der Waals surface area contributed by atoms with Crippen LogP contribution in [0, 0.1) is 33.1 Å². The van der Waals surface area contributed by atoms with Crippen LogP contribution < -0.4 is 5.32 Å². The summed E-state index contributed by atoms with van der Waals surface area (Å²) in [5.74, 6) is 0.236. The number of hydrogen-bond acceptors (Lipinski definition) is 5. The van der Waals surface area contributed by atoms with E-state index in [0.29, 0.717) is 0 Å². The van der Waals surface area contributed by atoms with E-state index in [1.807, 2.05) is 13.0 Å². The Morgan fingerprint density at radius 1 is 1.08 bits per heavy atom. The molecule has 7 nitrogen and oxygen atoms in total. The van der Waals surface area contributed by atoms with E-state index < -0.39 is 0 Å². The van der Waals surface area contributed by atoms with E-state index in [9.17, 15) is 20.2 Å². The number of anilines is 1. The Labute approximate surface area is 149 Å². The molecule has 7 heteroatoms. The van der Waals surface area contributed by atoms with Gasteiger partial charge in [0.1, 0.15) is 0 Å². The first kappa shape index (κ1) is 16.3.